The minimum atomic E-state index is -0.479. The number of rotatable bonds is 6. The molecule has 0 spiro atoms. The van der Waals surface area contributed by atoms with Crippen LogP contribution in [0.5, 0.6) is 0 Å². The molecule has 0 fully saturated rings. The Morgan fingerprint density at radius 2 is 2.00 bits per heavy atom. The van der Waals surface area contributed by atoms with Crippen LogP contribution in [0.1, 0.15) is 13.3 Å². The summed E-state index contributed by atoms with van der Waals surface area (Å²) in [7, 11) is 1.82. The summed E-state index contributed by atoms with van der Waals surface area (Å²) in [6.45, 7) is 2.47. The number of urea groups is 1. The quantitative estimate of drug-likeness (QED) is 0.770. The van der Waals surface area contributed by atoms with E-state index in [1.807, 2.05) is 26.1 Å². The number of nitrogens with one attached hydrogen (secondary N) is 2. The molecule has 0 bridgehead atoms. The second kappa shape index (κ2) is 8.28. The molecule has 0 aliphatic heterocycles. The molecule has 2 heterocycles. The lowest BCUT2D eigenvalue weighted by atomic mass is 10.2. The van der Waals surface area contributed by atoms with E-state index in [-0.39, 0.29) is 11.7 Å². The van der Waals surface area contributed by atoms with Gasteiger partial charge in [0, 0.05) is 31.5 Å². The molecule has 3 amide bonds. The van der Waals surface area contributed by atoms with Gasteiger partial charge < -0.3 is 9.88 Å². The van der Waals surface area contributed by atoms with E-state index >= 15 is 0 Å². The van der Waals surface area contributed by atoms with E-state index in [2.05, 4.69) is 25.8 Å². The molecule has 8 nitrogen and oxygen atoms in total. The van der Waals surface area contributed by atoms with Crippen molar-refractivity contribution in [3.8, 4) is 11.4 Å². The number of amides is 3. The first kappa shape index (κ1) is 16.9. The van der Waals surface area contributed by atoms with Gasteiger partial charge in [-0.25, -0.2) is 4.79 Å². The fourth-order valence-corrected chi connectivity index (χ4v) is 2.48. The van der Waals surface area contributed by atoms with E-state index < -0.39 is 6.03 Å². The molecule has 2 rings (SSSR count). The van der Waals surface area contributed by atoms with Gasteiger partial charge in [-0.3, -0.25) is 15.1 Å². The van der Waals surface area contributed by atoms with Crippen LogP contribution in [-0.2, 0) is 11.8 Å². The minimum Gasteiger partial charge on any atom is -0.338 e. The number of pyridine rings is 1. The van der Waals surface area contributed by atoms with Crippen LogP contribution >= 0.6 is 11.8 Å². The summed E-state index contributed by atoms with van der Waals surface area (Å²) in [5, 5.41) is 13.6. The molecule has 2 N–H and O–H groups in total. The van der Waals surface area contributed by atoms with E-state index in [9.17, 15) is 9.59 Å². The van der Waals surface area contributed by atoms with Crippen molar-refractivity contribution in [2.24, 2.45) is 7.05 Å². The maximum atomic E-state index is 11.7. The number of thioether (sulfide) groups is 1. The van der Waals surface area contributed by atoms with Crippen LogP contribution in [0.15, 0.2) is 29.7 Å². The van der Waals surface area contributed by atoms with E-state index in [0.717, 1.165) is 12.0 Å². The van der Waals surface area contributed by atoms with Crippen LogP contribution in [0.3, 0.4) is 0 Å². The first-order valence-corrected chi connectivity index (χ1v) is 8.10. The highest BCUT2D eigenvalue weighted by Crippen LogP contribution is 2.21. The molecular formula is C14H18N6O2S. The van der Waals surface area contributed by atoms with Crippen LogP contribution in [0.25, 0.3) is 11.4 Å². The van der Waals surface area contributed by atoms with Gasteiger partial charge >= 0.3 is 6.03 Å². The van der Waals surface area contributed by atoms with Gasteiger partial charge in [-0.1, -0.05) is 18.7 Å². The number of hydrogen-bond donors (Lipinski definition) is 2. The Balaban J connectivity index is 1.91. The molecule has 2 aromatic heterocycles. The molecule has 0 aromatic carbocycles. The number of carbonyl (C=O) groups is 2. The second-order valence-corrected chi connectivity index (χ2v) is 5.64. The smallest absolute Gasteiger partial charge is 0.321 e. The Morgan fingerprint density at radius 1 is 1.26 bits per heavy atom. The third-order valence-electron chi connectivity index (χ3n) is 2.89. The maximum Gasteiger partial charge on any atom is 0.321 e. The SMILES string of the molecule is CCCNC(=O)NC(=O)CSc1nnc(-c2ccncc2)n1C. The molecule has 23 heavy (non-hydrogen) atoms. The predicted octanol–water partition coefficient (Wildman–Crippen LogP) is 1.20. The molecule has 0 unspecified atom stereocenters. The standard InChI is InChI=1S/C14H18N6O2S/c1-3-6-16-13(22)17-11(21)9-23-14-19-18-12(20(14)2)10-4-7-15-8-5-10/h4-5,7-8H,3,6,9H2,1-2H3,(H2,16,17,21,22). The second-order valence-electron chi connectivity index (χ2n) is 4.69. The van der Waals surface area contributed by atoms with Crippen molar-refractivity contribution in [2.75, 3.05) is 12.3 Å². The van der Waals surface area contributed by atoms with Gasteiger partial charge in [0.05, 0.1) is 5.75 Å². The summed E-state index contributed by atoms with van der Waals surface area (Å²) in [5.41, 5.74) is 0.894. The number of nitrogens with zero attached hydrogens (tertiary/aromatic N) is 4. The zero-order valence-electron chi connectivity index (χ0n) is 12.9. The third kappa shape index (κ3) is 4.78. The fraction of sp³-hybridized carbons (Fsp3) is 0.357. The number of imide groups is 1. The van der Waals surface area contributed by atoms with E-state index in [0.29, 0.717) is 17.5 Å². The zero-order valence-corrected chi connectivity index (χ0v) is 13.8. The van der Waals surface area contributed by atoms with Gasteiger partial charge in [0.2, 0.25) is 5.91 Å². The highest BCUT2D eigenvalue weighted by atomic mass is 32.2. The monoisotopic (exact) mass is 334 g/mol. The Hall–Kier alpha value is -2.42. The summed E-state index contributed by atoms with van der Waals surface area (Å²) in [6, 6.07) is 3.19. The molecule has 0 saturated carbocycles. The molecule has 0 atom stereocenters. The lowest BCUT2D eigenvalue weighted by molar-refractivity contribution is -0.117. The molecule has 122 valence electrons. The molecule has 0 radical (unpaired) electrons. The Bertz CT molecular complexity index is 673. The summed E-state index contributed by atoms with van der Waals surface area (Å²) in [5.74, 6) is 0.398. The highest BCUT2D eigenvalue weighted by Gasteiger charge is 2.13. The van der Waals surface area contributed by atoms with Gasteiger partial charge in [0.15, 0.2) is 11.0 Å². The number of hydrogen-bond acceptors (Lipinski definition) is 6. The van der Waals surface area contributed by atoms with Crippen molar-refractivity contribution in [1.29, 1.82) is 0 Å². The maximum absolute atomic E-state index is 11.7. The average molecular weight is 334 g/mol. The van der Waals surface area contributed by atoms with Crippen molar-refractivity contribution >= 4 is 23.7 Å². The largest absolute Gasteiger partial charge is 0.338 e. The Labute approximate surface area is 138 Å². The fourth-order valence-electron chi connectivity index (χ4n) is 1.77. The van der Waals surface area contributed by atoms with Crippen molar-refractivity contribution in [2.45, 2.75) is 18.5 Å². The van der Waals surface area contributed by atoms with Gasteiger partial charge in [0.1, 0.15) is 0 Å². The average Bonchev–Trinajstić information content (AvgIpc) is 2.92. The molecule has 2 aromatic rings. The van der Waals surface area contributed by atoms with Gasteiger partial charge in [-0.2, -0.15) is 0 Å². The first-order valence-electron chi connectivity index (χ1n) is 7.12. The molecule has 0 aliphatic rings. The predicted molar refractivity (Wildman–Crippen MR) is 86.8 cm³/mol. The van der Waals surface area contributed by atoms with Crippen LogP contribution < -0.4 is 10.6 Å². The third-order valence-corrected chi connectivity index (χ3v) is 3.91. The van der Waals surface area contributed by atoms with E-state index in [1.54, 1.807) is 17.0 Å². The van der Waals surface area contributed by atoms with Gasteiger partial charge in [-0.15, -0.1) is 10.2 Å². The van der Waals surface area contributed by atoms with Crippen molar-refractivity contribution < 1.29 is 9.59 Å². The molecular weight excluding hydrogens is 316 g/mol. The van der Waals surface area contributed by atoms with Crippen LogP contribution in [-0.4, -0.2) is 44.0 Å². The summed E-state index contributed by atoms with van der Waals surface area (Å²) >= 11 is 1.22. The summed E-state index contributed by atoms with van der Waals surface area (Å²) in [6.07, 6.45) is 4.17. The Kier molecular flexibility index (Phi) is 6.10. The van der Waals surface area contributed by atoms with Crippen molar-refractivity contribution in [3.63, 3.8) is 0 Å². The molecule has 0 saturated heterocycles. The van der Waals surface area contributed by atoms with E-state index in [4.69, 9.17) is 0 Å². The zero-order chi connectivity index (χ0) is 16.7. The summed E-state index contributed by atoms with van der Waals surface area (Å²) < 4.78 is 1.80. The lowest BCUT2D eigenvalue weighted by Crippen LogP contribution is -2.40. The van der Waals surface area contributed by atoms with Gasteiger partial charge in [0.25, 0.3) is 0 Å². The normalized spacial score (nSPS) is 10.3. The van der Waals surface area contributed by atoms with Crippen molar-refractivity contribution in [3.05, 3.63) is 24.5 Å². The first-order chi connectivity index (χ1) is 11.1. The number of carbonyl (C=O) groups excluding carboxylic acids is 2. The summed E-state index contributed by atoms with van der Waals surface area (Å²) in [4.78, 5) is 27.1. The Morgan fingerprint density at radius 3 is 2.70 bits per heavy atom. The molecule has 9 heteroatoms. The highest BCUT2D eigenvalue weighted by molar-refractivity contribution is 7.99. The lowest BCUT2D eigenvalue weighted by Gasteiger charge is -2.05. The minimum absolute atomic E-state index is 0.0852. The van der Waals surface area contributed by atoms with E-state index in [1.165, 1.54) is 11.8 Å². The van der Waals surface area contributed by atoms with Crippen LogP contribution in [0.2, 0.25) is 0 Å². The topological polar surface area (TPSA) is 102 Å². The van der Waals surface area contributed by atoms with Gasteiger partial charge in [-0.05, 0) is 18.6 Å². The molecule has 0 aliphatic carbocycles. The van der Waals surface area contributed by atoms with Crippen molar-refractivity contribution in [1.82, 2.24) is 30.4 Å². The van der Waals surface area contributed by atoms with Crippen LogP contribution in [0, 0.1) is 0 Å². The number of aromatic nitrogens is 4. The van der Waals surface area contributed by atoms with Crippen LogP contribution in [0.4, 0.5) is 4.79 Å².